The monoisotopic (exact) mass is 185 g/mol. The van der Waals surface area contributed by atoms with Gasteiger partial charge < -0.3 is 9.47 Å². The Hall–Kier alpha value is -0.780. The second kappa shape index (κ2) is 3.30. The van der Waals surface area contributed by atoms with E-state index in [1.807, 2.05) is 0 Å². The fraction of sp³-hybridized carbons (Fsp3) is 0.429. The van der Waals surface area contributed by atoms with Crippen molar-refractivity contribution in [2.45, 2.75) is 6.29 Å². The number of hydrogen-bond acceptors (Lipinski definition) is 5. The molecule has 12 heavy (non-hydrogen) atoms. The van der Waals surface area contributed by atoms with Gasteiger partial charge in [0.15, 0.2) is 17.6 Å². The van der Waals surface area contributed by atoms with Crippen LogP contribution in [0, 0.1) is 0 Å². The molecule has 0 bridgehead atoms. The van der Waals surface area contributed by atoms with Crippen LogP contribution in [-0.2, 0) is 9.47 Å². The van der Waals surface area contributed by atoms with Crippen LogP contribution in [0.2, 0.25) is 0 Å². The first-order valence-electron chi connectivity index (χ1n) is 3.54. The van der Waals surface area contributed by atoms with E-state index >= 15 is 0 Å². The molecule has 0 aliphatic carbocycles. The van der Waals surface area contributed by atoms with Crippen LogP contribution in [0.5, 0.6) is 0 Å². The van der Waals surface area contributed by atoms with Gasteiger partial charge in [-0.3, -0.25) is 4.79 Å². The van der Waals surface area contributed by atoms with E-state index in [1.165, 1.54) is 11.3 Å². The molecule has 0 radical (unpaired) electrons. The van der Waals surface area contributed by atoms with Gasteiger partial charge in [-0.1, -0.05) is 0 Å². The summed E-state index contributed by atoms with van der Waals surface area (Å²) in [5.41, 5.74) is 0. The number of aldehydes is 1. The lowest BCUT2D eigenvalue weighted by Crippen LogP contribution is -1.93. The minimum absolute atomic E-state index is 0.309. The van der Waals surface area contributed by atoms with Gasteiger partial charge >= 0.3 is 0 Å². The molecule has 0 atom stereocenters. The SMILES string of the molecule is O=Cc1ncc(C2OCCO2)s1. The Morgan fingerprint density at radius 2 is 2.33 bits per heavy atom. The summed E-state index contributed by atoms with van der Waals surface area (Å²) in [7, 11) is 0. The molecule has 64 valence electrons. The van der Waals surface area contributed by atoms with Crippen LogP contribution in [0.1, 0.15) is 21.0 Å². The highest BCUT2D eigenvalue weighted by molar-refractivity contribution is 7.13. The highest BCUT2D eigenvalue weighted by atomic mass is 32.1. The average Bonchev–Trinajstić information content (AvgIpc) is 2.75. The molecule has 4 nitrogen and oxygen atoms in total. The second-order valence-corrected chi connectivity index (χ2v) is 3.39. The van der Waals surface area contributed by atoms with Gasteiger partial charge in [0, 0.05) is 6.20 Å². The second-order valence-electron chi connectivity index (χ2n) is 2.29. The molecule has 0 saturated carbocycles. The number of nitrogens with zero attached hydrogens (tertiary/aromatic N) is 1. The van der Waals surface area contributed by atoms with Crippen LogP contribution in [0.15, 0.2) is 6.20 Å². The van der Waals surface area contributed by atoms with Crippen molar-refractivity contribution < 1.29 is 14.3 Å². The summed E-state index contributed by atoms with van der Waals surface area (Å²) in [4.78, 5) is 15.0. The lowest BCUT2D eigenvalue weighted by Gasteiger charge is -2.03. The van der Waals surface area contributed by atoms with Crippen LogP contribution in [-0.4, -0.2) is 24.5 Å². The van der Waals surface area contributed by atoms with Gasteiger partial charge in [0.25, 0.3) is 0 Å². The van der Waals surface area contributed by atoms with Crippen molar-refractivity contribution in [2.24, 2.45) is 0 Å². The molecule has 2 heterocycles. The average molecular weight is 185 g/mol. The third-order valence-electron chi connectivity index (χ3n) is 1.50. The molecule has 1 aliphatic heterocycles. The predicted octanol–water partition coefficient (Wildman–Crippen LogP) is 1.00. The summed E-state index contributed by atoms with van der Waals surface area (Å²) in [5.74, 6) is 0. The van der Waals surface area contributed by atoms with Crippen molar-refractivity contribution in [3.63, 3.8) is 0 Å². The highest BCUT2D eigenvalue weighted by Crippen LogP contribution is 2.27. The van der Waals surface area contributed by atoms with Gasteiger partial charge in [0.05, 0.1) is 18.1 Å². The molecule has 1 fully saturated rings. The zero-order valence-electron chi connectivity index (χ0n) is 6.23. The molecule has 0 N–H and O–H groups in total. The Kier molecular flexibility index (Phi) is 2.16. The Balaban J connectivity index is 2.16. The maximum Gasteiger partial charge on any atom is 0.194 e. The number of hydrogen-bond donors (Lipinski definition) is 0. The van der Waals surface area contributed by atoms with Crippen molar-refractivity contribution in [2.75, 3.05) is 13.2 Å². The summed E-state index contributed by atoms with van der Waals surface area (Å²) in [5, 5.41) is 0.462. The largest absolute Gasteiger partial charge is 0.345 e. The lowest BCUT2D eigenvalue weighted by atomic mass is 10.5. The first-order chi connectivity index (χ1) is 5.90. The van der Waals surface area contributed by atoms with Gasteiger partial charge in [-0.25, -0.2) is 4.98 Å². The van der Waals surface area contributed by atoms with Crippen LogP contribution in [0.25, 0.3) is 0 Å². The molecule has 0 aromatic carbocycles. The van der Waals surface area contributed by atoms with E-state index in [-0.39, 0.29) is 6.29 Å². The molecule has 1 aromatic rings. The van der Waals surface area contributed by atoms with Crippen molar-refractivity contribution >= 4 is 17.6 Å². The predicted molar refractivity (Wildman–Crippen MR) is 42.1 cm³/mol. The van der Waals surface area contributed by atoms with Crippen LogP contribution >= 0.6 is 11.3 Å². The Labute approximate surface area is 73.1 Å². The fourth-order valence-electron chi connectivity index (χ4n) is 0.987. The summed E-state index contributed by atoms with van der Waals surface area (Å²) in [6.45, 7) is 1.22. The topological polar surface area (TPSA) is 48.4 Å². The third kappa shape index (κ3) is 1.38. The Morgan fingerprint density at radius 1 is 1.58 bits per heavy atom. The first-order valence-corrected chi connectivity index (χ1v) is 4.36. The zero-order valence-corrected chi connectivity index (χ0v) is 7.04. The highest BCUT2D eigenvalue weighted by Gasteiger charge is 2.20. The Bertz CT molecular complexity index is 280. The smallest absolute Gasteiger partial charge is 0.194 e. The number of ether oxygens (including phenoxy) is 2. The summed E-state index contributed by atoms with van der Waals surface area (Å²) < 4.78 is 10.5. The molecular weight excluding hydrogens is 178 g/mol. The molecule has 1 saturated heterocycles. The van der Waals surface area contributed by atoms with Crippen LogP contribution < -0.4 is 0 Å². The maximum atomic E-state index is 10.3. The number of aromatic nitrogens is 1. The summed E-state index contributed by atoms with van der Waals surface area (Å²) in [6, 6.07) is 0. The van der Waals surface area contributed by atoms with Crippen molar-refractivity contribution in [3.05, 3.63) is 16.1 Å². The van der Waals surface area contributed by atoms with E-state index in [0.29, 0.717) is 18.2 Å². The number of carbonyl (C=O) groups excluding carboxylic acids is 1. The number of rotatable bonds is 2. The minimum atomic E-state index is -0.309. The van der Waals surface area contributed by atoms with Crippen molar-refractivity contribution in [3.8, 4) is 0 Å². The lowest BCUT2D eigenvalue weighted by molar-refractivity contribution is -0.0414. The number of thiazole rings is 1. The van der Waals surface area contributed by atoms with E-state index in [2.05, 4.69) is 4.98 Å². The van der Waals surface area contributed by atoms with E-state index in [1.54, 1.807) is 6.20 Å². The summed E-state index contributed by atoms with van der Waals surface area (Å²) >= 11 is 1.30. The van der Waals surface area contributed by atoms with Gasteiger partial charge in [-0.15, -0.1) is 11.3 Å². The molecule has 5 heteroatoms. The molecule has 1 aliphatic rings. The molecule has 2 rings (SSSR count). The standard InChI is InChI=1S/C7H7NO3S/c9-4-6-8-3-5(12-6)7-10-1-2-11-7/h3-4,7H,1-2H2. The first kappa shape index (κ1) is 7.85. The Morgan fingerprint density at radius 3 is 2.92 bits per heavy atom. The van der Waals surface area contributed by atoms with Crippen molar-refractivity contribution in [1.29, 1.82) is 0 Å². The third-order valence-corrected chi connectivity index (χ3v) is 2.44. The van der Waals surface area contributed by atoms with Gasteiger partial charge in [-0.2, -0.15) is 0 Å². The fourth-order valence-corrected chi connectivity index (χ4v) is 1.72. The summed E-state index contributed by atoms with van der Waals surface area (Å²) in [6.07, 6.45) is 2.03. The van der Waals surface area contributed by atoms with Gasteiger partial charge in [0.2, 0.25) is 0 Å². The minimum Gasteiger partial charge on any atom is -0.345 e. The van der Waals surface area contributed by atoms with Crippen LogP contribution in [0.3, 0.4) is 0 Å². The van der Waals surface area contributed by atoms with E-state index in [9.17, 15) is 4.79 Å². The van der Waals surface area contributed by atoms with Gasteiger partial charge in [0.1, 0.15) is 0 Å². The van der Waals surface area contributed by atoms with E-state index < -0.39 is 0 Å². The maximum absolute atomic E-state index is 10.3. The van der Waals surface area contributed by atoms with Crippen LogP contribution in [0.4, 0.5) is 0 Å². The van der Waals surface area contributed by atoms with E-state index in [4.69, 9.17) is 9.47 Å². The molecule has 0 spiro atoms. The molecule has 0 amide bonds. The molecule has 1 aromatic heterocycles. The molecule has 0 unspecified atom stereocenters. The van der Waals surface area contributed by atoms with Gasteiger partial charge in [-0.05, 0) is 0 Å². The van der Waals surface area contributed by atoms with E-state index in [0.717, 1.165) is 11.2 Å². The normalized spacial score (nSPS) is 18.3. The quantitative estimate of drug-likeness (QED) is 0.645. The number of carbonyl (C=O) groups is 1. The van der Waals surface area contributed by atoms with Crippen molar-refractivity contribution in [1.82, 2.24) is 4.98 Å². The molecular formula is C7H7NO3S. The zero-order chi connectivity index (χ0) is 8.39.